The number of aromatic nitrogens is 1. The van der Waals surface area contributed by atoms with E-state index in [4.69, 9.17) is 4.74 Å². The zero-order valence-electron chi connectivity index (χ0n) is 20.3. The van der Waals surface area contributed by atoms with Crippen LogP contribution in [-0.2, 0) is 9.59 Å². The van der Waals surface area contributed by atoms with Crippen LogP contribution >= 0.6 is 0 Å². The minimum absolute atomic E-state index is 0.159. The second kappa shape index (κ2) is 9.62. The SMILES string of the molecule is Cc1ccc(-n2c(O)c(/C=N/NC(=O)CN3C(=O)COc4ccccc43)c3ccccc3c2=O)cc1C. The number of carbonyl (C=O) groups is 2. The molecular weight excluding hydrogens is 472 g/mol. The summed E-state index contributed by atoms with van der Waals surface area (Å²) >= 11 is 0. The second-order valence-corrected chi connectivity index (χ2v) is 8.72. The van der Waals surface area contributed by atoms with Gasteiger partial charge in [-0.3, -0.25) is 19.3 Å². The largest absolute Gasteiger partial charge is 0.494 e. The molecule has 2 N–H and O–H groups in total. The highest BCUT2D eigenvalue weighted by Crippen LogP contribution is 2.31. The number of hydrazone groups is 1. The van der Waals surface area contributed by atoms with E-state index in [0.717, 1.165) is 11.1 Å². The standard InChI is InChI=1S/C28H24N4O5/c1-17-11-12-19(13-18(17)2)32-27(35)21-8-4-3-7-20(21)22(28(32)36)14-29-30-25(33)15-31-23-9-5-6-10-24(23)37-16-26(31)34/h3-14,36H,15-16H2,1-2H3,(H,30,33)/b29-14+. The number of carbonyl (C=O) groups excluding carboxylic acids is 2. The number of hydrogen-bond donors (Lipinski definition) is 2. The number of para-hydroxylation sites is 2. The van der Waals surface area contributed by atoms with Gasteiger partial charge in [-0.15, -0.1) is 0 Å². The van der Waals surface area contributed by atoms with Crippen LogP contribution in [0.1, 0.15) is 16.7 Å². The van der Waals surface area contributed by atoms with Crippen LogP contribution in [0.4, 0.5) is 5.69 Å². The summed E-state index contributed by atoms with van der Waals surface area (Å²) in [7, 11) is 0. The van der Waals surface area contributed by atoms with Crippen LogP contribution in [0.25, 0.3) is 16.5 Å². The Kier molecular flexibility index (Phi) is 6.19. The third-order valence-electron chi connectivity index (χ3n) is 6.35. The van der Waals surface area contributed by atoms with Crippen molar-refractivity contribution >= 4 is 34.5 Å². The molecule has 0 spiro atoms. The summed E-state index contributed by atoms with van der Waals surface area (Å²) in [5.74, 6) is -0.667. The highest BCUT2D eigenvalue weighted by atomic mass is 16.5. The lowest BCUT2D eigenvalue weighted by Crippen LogP contribution is -2.44. The molecule has 37 heavy (non-hydrogen) atoms. The highest BCUT2D eigenvalue weighted by Gasteiger charge is 2.27. The Labute approximate surface area is 212 Å². The molecule has 9 nitrogen and oxygen atoms in total. The van der Waals surface area contributed by atoms with Crippen LogP contribution in [-0.4, -0.2) is 40.9 Å². The van der Waals surface area contributed by atoms with Crippen LogP contribution in [0.3, 0.4) is 0 Å². The molecule has 0 unspecified atom stereocenters. The van der Waals surface area contributed by atoms with E-state index in [0.29, 0.717) is 27.9 Å². The molecule has 1 aliphatic rings. The third-order valence-corrected chi connectivity index (χ3v) is 6.35. The summed E-state index contributed by atoms with van der Waals surface area (Å²) in [6, 6.07) is 19.3. The molecule has 1 aromatic heterocycles. The number of aryl methyl sites for hydroxylation is 2. The van der Waals surface area contributed by atoms with Gasteiger partial charge < -0.3 is 9.84 Å². The molecular formula is C28H24N4O5. The van der Waals surface area contributed by atoms with E-state index in [2.05, 4.69) is 10.5 Å². The number of ether oxygens (including phenoxy) is 1. The molecule has 3 aromatic carbocycles. The lowest BCUT2D eigenvalue weighted by Gasteiger charge is -2.28. The average Bonchev–Trinajstić information content (AvgIpc) is 2.90. The van der Waals surface area contributed by atoms with Crippen molar-refractivity contribution in [1.29, 1.82) is 0 Å². The number of pyridine rings is 1. The van der Waals surface area contributed by atoms with Crippen molar-refractivity contribution in [3.63, 3.8) is 0 Å². The first-order chi connectivity index (χ1) is 17.8. The Balaban J connectivity index is 1.46. The van der Waals surface area contributed by atoms with Crippen LogP contribution in [0.5, 0.6) is 11.6 Å². The molecule has 2 heterocycles. The summed E-state index contributed by atoms with van der Waals surface area (Å²) in [5, 5.41) is 16.0. The quantitative estimate of drug-likeness (QED) is 0.326. The monoisotopic (exact) mass is 496 g/mol. The third kappa shape index (κ3) is 4.42. The number of fused-ring (bicyclic) bond motifs is 2. The lowest BCUT2D eigenvalue weighted by molar-refractivity contribution is -0.125. The first-order valence-electron chi connectivity index (χ1n) is 11.6. The van der Waals surface area contributed by atoms with Crippen molar-refractivity contribution < 1.29 is 19.4 Å². The molecule has 0 radical (unpaired) electrons. The average molecular weight is 497 g/mol. The zero-order valence-corrected chi connectivity index (χ0v) is 20.3. The normalized spacial score (nSPS) is 13.0. The summed E-state index contributed by atoms with van der Waals surface area (Å²) in [6.45, 7) is 3.47. The fourth-order valence-electron chi connectivity index (χ4n) is 4.27. The van der Waals surface area contributed by atoms with Crippen LogP contribution in [0.2, 0.25) is 0 Å². The number of amides is 2. The van der Waals surface area contributed by atoms with Gasteiger partial charge in [-0.05, 0) is 55.3 Å². The number of anilines is 1. The molecule has 0 saturated heterocycles. The minimum atomic E-state index is -0.535. The van der Waals surface area contributed by atoms with Gasteiger partial charge in [0.15, 0.2) is 6.61 Å². The predicted octanol–water partition coefficient (Wildman–Crippen LogP) is 3.19. The molecule has 0 fully saturated rings. The molecule has 4 aromatic rings. The maximum atomic E-state index is 13.3. The maximum Gasteiger partial charge on any atom is 0.265 e. The van der Waals surface area contributed by atoms with Crippen LogP contribution in [0, 0.1) is 13.8 Å². The fraction of sp³-hybridized carbons (Fsp3) is 0.143. The van der Waals surface area contributed by atoms with Crippen LogP contribution in [0.15, 0.2) is 76.6 Å². The van der Waals surface area contributed by atoms with Gasteiger partial charge in [-0.2, -0.15) is 5.10 Å². The molecule has 0 aliphatic carbocycles. The first-order valence-corrected chi connectivity index (χ1v) is 11.6. The molecule has 0 atom stereocenters. The van der Waals surface area contributed by atoms with Gasteiger partial charge in [0.2, 0.25) is 5.88 Å². The van der Waals surface area contributed by atoms with Gasteiger partial charge in [-0.1, -0.05) is 36.4 Å². The minimum Gasteiger partial charge on any atom is -0.494 e. The number of nitrogens with one attached hydrogen (secondary N) is 1. The van der Waals surface area contributed by atoms with E-state index >= 15 is 0 Å². The van der Waals surface area contributed by atoms with Crippen molar-refractivity contribution in [2.75, 3.05) is 18.1 Å². The van der Waals surface area contributed by atoms with Gasteiger partial charge in [0.05, 0.1) is 23.2 Å². The molecule has 0 saturated carbocycles. The van der Waals surface area contributed by atoms with E-state index in [1.54, 1.807) is 54.6 Å². The van der Waals surface area contributed by atoms with Crippen molar-refractivity contribution in [2.45, 2.75) is 13.8 Å². The number of nitrogens with zero attached hydrogens (tertiary/aromatic N) is 3. The van der Waals surface area contributed by atoms with E-state index in [1.807, 2.05) is 26.0 Å². The summed E-state index contributed by atoms with van der Waals surface area (Å²) in [4.78, 5) is 39.6. The van der Waals surface area contributed by atoms with E-state index in [9.17, 15) is 19.5 Å². The number of rotatable bonds is 5. The van der Waals surface area contributed by atoms with Crippen molar-refractivity contribution in [2.24, 2.45) is 5.10 Å². The Morgan fingerprint density at radius 3 is 2.54 bits per heavy atom. The van der Waals surface area contributed by atoms with Gasteiger partial charge in [-0.25, -0.2) is 9.99 Å². The van der Waals surface area contributed by atoms with Crippen molar-refractivity contribution in [3.8, 4) is 17.3 Å². The van der Waals surface area contributed by atoms with Gasteiger partial charge in [0, 0.05) is 10.8 Å². The summed E-state index contributed by atoms with van der Waals surface area (Å²) in [6.07, 6.45) is 1.29. The molecule has 5 rings (SSSR count). The predicted molar refractivity (Wildman–Crippen MR) is 141 cm³/mol. The smallest absolute Gasteiger partial charge is 0.265 e. The van der Waals surface area contributed by atoms with Gasteiger partial charge in [0.1, 0.15) is 12.3 Å². The Hall–Kier alpha value is -4.92. The molecule has 186 valence electrons. The second-order valence-electron chi connectivity index (χ2n) is 8.72. The lowest BCUT2D eigenvalue weighted by atomic mass is 10.1. The van der Waals surface area contributed by atoms with Crippen molar-refractivity contribution in [1.82, 2.24) is 9.99 Å². The van der Waals surface area contributed by atoms with E-state index in [1.165, 1.54) is 15.7 Å². The fourth-order valence-corrected chi connectivity index (χ4v) is 4.27. The molecule has 2 amide bonds. The molecule has 1 aliphatic heterocycles. The van der Waals surface area contributed by atoms with E-state index in [-0.39, 0.29) is 36.1 Å². The van der Waals surface area contributed by atoms with Gasteiger partial charge >= 0.3 is 0 Å². The molecule has 0 bridgehead atoms. The first kappa shape index (κ1) is 23.8. The molecule has 9 heteroatoms. The van der Waals surface area contributed by atoms with Crippen molar-refractivity contribution in [3.05, 3.63) is 93.8 Å². The zero-order chi connectivity index (χ0) is 26.1. The Morgan fingerprint density at radius 2 is 1.76 bits per heavy atom. The Bertz CT molecular complexity index is 1640. The number of aromatic hydroxyl groups is 1. The number of benzene rings is 3. The maximum absolute atomic E-state index is 13.3. The topological polar surface area (TPSA) is 113 Å². The number of hydrogen-bond acceptors (Lipinski definition) is 6. The highest BCUT2D eigenvalue weighted by molar-refractivity contribution is 6.03. The summed E-state index contributed by atoms with van der Waals surface area (Å²) < 4.78 is 6.63. The Morgan fingerprint density at radius 1 is 1.03 bits per heavy atom. The van der Waals surface area contributed by atoms with Gasteiger partial charge in [0.25, 0.3) is 17.4 Å². The van der Waals surface area contributed by atoms with E-state index < -0.39 is 5.91 Å². The summed E-state index contributed by atoms with van der Waals surface area (Å²) in [5.41, 5.74) is 5.35. The van der Waals surface area contributed by atoms with Crippen LogP contribution < -0.4 is 20.6 Å².